The van der Waals surface area contributed by atoms with Gasteiger partial charge in [0.2, 0.25) is 11.8 Å². The number of imide groups is 3. The highest BCUT2D eigenvalue weighted by molar-refractivity contribution is 6.42. The predicted molar refractivity (Wildman–Crippen MR) is 107 cm³/mol. The van der Waals surface area contributed by atoms with E-state index in [0.717, 1.165) is 29.5 Å². The zero-order chi connectivity index (χ0) is 20.3. The van der Waals surface area contributed by atoms with Gasteiger partial charge in [0.25, 0.3) is 5.91 Å². The molecule has 1 atom stereocenters. The molecular weight excluding hydrogens is 401 g/mol. The third-order valence-electron chi connectivity index (χ3n) is 4.69. The summed E-state index contributed by atoms with van der Waals surface area (Å²) in [6.45, 7) is 0. The second-order valence-electron chi connectivity index (χ2n) is 6.71. The molecule has 1 heterocycles. The van der Waals surface area contributed by atoms with Crippen LogP contribution in [0.4, 0.5) is 0 Å². The van der Waals surface area contributed by atoms with E-state index in [9.17, 15) is 19.5 Å². The third kappa shape index (κ3) is 4.61. The molecule has 0 aliphatic carbocycles. The predicted octanol–water partition coefficient (Wildman–Crippen LogP) is 4.02. The number of aliphatic hydroxyl groups excluding tert-OH is 1. The second kappa shape index (κ2) is 8.86. The first kappa shape index (κ1) is 20.5. The molecule has 0 saturated carbocycles. The Balaban J connectivity index is 1.49. The number of carbonyl (C=O) groups excluding carboxylic acids is 3. The van der Waals surface area contributed by atoms with Gasteiger partial charge in [0.05, 0.1) is 16.5 Å². The molecule has 0 bridgehead atoms. The number of halogens is 2. The van der Waals surface area contributed by atoms with E-state index in [1.54, 1.807) is 6.07 Å². The average Bonchev–Trinajstić information content (AvgIpc) is 2.93. The lowest BCUT2D eigenvalue weighted by Crippen LogP contribution is -2.37. The Morgan fingerprint density at radius 2 is 1.68 bits per heavy atom. The van der Waals surface area contributed by atoms with Gasteiger partial charge < -0.3 is 5.11 Å². The summed E-state index contributed by atoms with van der Waals surface area (Å²) in [5.41, 5.74) is 3.13. The van der Waals surface area contributed by atoms with Crippen LogP contribution < -0.4 is 0 Å². The topological polar surface area (TPSA) is 74.7 Å². The van der Waals surface area contributed by atoms with Crippen LogP contribution in [0.1, 0.15) is 31.2 Å². The van der Waals surface area contributed by atoms with Crippen LogP contribution in [0.3, 0.4) is 0 Å². The lowest BCUT2D eigenvalue weighted by atomic mass is 10.0. The van der Waals surface area contributed by atoms with Gasteiger partial charge in [-0.3, -0.25) is 14.4 Å². The van der Waals surface area contributed by atoms with Crippen molar-refractivity contribution in [2.75, 3.05) is 0 Å². The van der Waals surface area contributed by atoms with Crippen molar-refractivity contribution >= 4 is 40.9 Å². The number of unbranched alkanes of at least 4 members (excludes halogenated alkanes) is 1. The number of aliphatic hydroxyl groups is 1. The van der Waals surface area contributed by atoms with Crippen molar-refractivity contribution in [1.29, 1.82) is 0 Å². The molecule has 5 nitrogen and oxygen atoms in total. The Kier molecular flexibility index (Phi) is 6.50. The van der Waals surface area contributed by atoms with E-state index >= 15 is 0 Å². The fraction of sp³-hybridized carbons (Fsp3) is 0.286. The van der Waals surface area contributed by atoms with Gasteiger partial charge in [0.1, 0.15) is 6.10 Å². The van der Waals surface area contributed by atoms with E-state index < -0.39 is 23.8 Å². The number of carbonyl (C=O) groups is 3. The molecule has 7 heteroatoms. The van der Waals surface area contributed by atoms with Crippen molar-refractivity contribution < 1.29 is 19.5 Å². The number of rotatable bonds is 6. The third-order valence-corrected chi connectivity index (χ3v) is 5.42. The zero-order valence-corrected chi connectivity index (χ0v) is 16.5. The molecule has 1 unspecified atom stereocenters. The number of amides is 3. The Labute approximate surface area is 172 Å². The Hall–Kier alpha value is -2.21. The Morgan fingerprint density at radius 3 is 2.29 bits per heavy atom. The average molecular weight is 420 g/mol. The number of likely N-dealkylation sites (tertiary alicyclic amines) is 1. The quantitative estimate of drug-likeness (QED) is 0.566. The molecule has 3 amide bonds. The second-order valence-corrected chi connectivity index (χ2v) is 7.53. The highest BCUT2D eigenvalue weighted by Gasteiger charge is 2.40. The van der Waals surface area contributed by atoms with Crippen LogP contribution in [0.2, 0.25) is 10.0 Å². The maximum Gasteiger partial charge on any atom is 0.265 e. The summed E-state index contributed by atoms with van der Waals surface area (Å²) in [6, 6.07) is 13.5. The minimum atomic E-state index is -1.38. The van der Waals surface area contributed by atoms with E-state index in [0.29, 0.717) is 21.4 Å². The van der Waals surface area contributed by atoms with E-state index in [-0.39, 0.29) is 12.8 Å². The summed E-state index contributed by atoms with van der Waals surface area (Å²) in [4.78, 5) is 35.8. The van der Waals surface area contributed by atoms with Crippen LogP contribution >= 0.6 is 23.2 Å². The van der Waals surface area contributed by atoms with Crippen molar-refractivity contribution in [1.82, 2.24) is 4.90 Å². The summed E-state index contributed by atoms with van der Waals surface area (Å²) in [7, 11) is 0. The lowest BCUT2D eigenvalue weighted by molar-refractivity contribution is -0.151. The molecule has 1 aliphatic rings. The highest BCUT2D eigenvalue weighted by Crippen LogP contribution is 2.28. The molecule has 1 aliphatic heterocycles. The van der Waals surface area contributed by atoms with E-state index in [1.807, 2.05) is 36.4 Å². The smallest absolute Gasteiger partial charge is 0.265 e. The number of hydrogen-bond acceptors (Lipinski definition) is 4. The molecule has 0 aromatic heterocycles. The normalized spacial score (nSPS) is 16.7. The number of hydrogen-bond donors (Lipinski definition) is 1. The molecule has 1 saturated heterocycles. The van der Waals surface area contributed by atoms with Crippen LogP contribution in [0.15, 0.2) is 42.5 Å². The Morgan fingerprint density at radius 1 is 1.00 bits per heavy atom. The van der Waals surface area contributed by atoms with Crippen LogP contribution in [-0.4, -0.2) is 33.8 Å². The molecule has 1 fully saturated rings. The summed E-state index contributed by atoms with van der Waals surface area (Å²) in [5.74, 6) is -1.98. The molecule has 2 aromatic rings. The summed E-state index contributed by atoms with van der Waals surface area (Å²) in [5, 5.41) is 10.4. The number of benzene rings is 2. The Bertz CT molecular complexity index is 911. The summed E-state index contributed by atoms with van der Waals surface area (Å²) >= 11 is 12.0. The van der Waals surface area contributed by atoms with Gasteiger partial charge in [-0.05, 0) is 48.1 Å². The maximum absolute atomic E-state index is 12.0. The monoisotopic (exact) mass is 419 g/mol. The van der Waals surface area contributed by atoms with Crippen molar-refractivity contribution in [3.63, 3.8) is 0 Å². The van der Waals surface area contributed by atoms with Crippen LogP contribution in [-0.2, 0) is 20.8 Å². The van der Waals surface area contributed by atoms with Crippen molar-refractivity contribution in [2.45, 2.75) is 38.2 Å². The van der Waals surface area contributed by atoms with E-state index in [2.05, 4.69) is 0 Å². The summed E-state index contributed by atoms with van der Waals surface area (Å²) in [6.07, 6.45) is 0.489. The highest BCUT2D eigenvalue weighted by atomic mass is 35.5. The van der Waals surface area contributed by atoms with Gasteiger partial charge in [0, 0.05) is 6.42 Å². The fourth-order valence-electron chi connectivity index (χ4n) is 3.13. The molecule has 146 valence electrons. The lowest BCUT2D eigenvalue weighted by Gasteiger charge is -2.11. The van der Waals surface area contributed by atoms with E-state index in [4.69, 9.17) is 23.2 Å². The number of aryl methyl sites for hydroxylation is 1. The minimum Gasteiger partial charge on any atom is -0.383 e. The molecule has 2 aromatic carbocycles. The minimum absolute atomic E-state index is 0.103. The van der Waals surface area contributed by atoms with Crippen LogP contribution in [0, 0.1) is 0 Å². The van der Waals surface area contributed by atoms with Gasteiger partial charge >= 0.3 is 0 Å². The van der Waals surface area contributed by atoms with Crippen molar-refractivity contribution in [3.8, 4) is 11.1 Å². The van der Waals surface area contributed by atoms with Gasteiger partial charge in [0.15, 0.2) is 0 Å². The van der Waals surface area contributed by atoms with Gasteiger partial charge in [-0.15, -0.1) is 0 Å². The fourth-order valence-corrected chi connectivity index (χ4v) is 3.43. The molecule has 3 rings (SSSR count). The SMILES string of the molecule is O=C(CCCCc1ccc(-c2ccc(Cl)c(Cl)c2)cc1)N1C(=O)CC(O)C1=O. The first-order valence-corrected chi connectivity index (χ1v) is 9.74. The number of nitrogens with zero attached hydrogens (tertiary/aromatic N) is 1. The molecule has 1 N–H and O–H groups in total. The first-order valence-electron chi connectivity index (χ1n) is 8.99. The van der Waals surface area contributed by atoms with Gasteiger partial charge in [-0.2, -0.15) is 0 Å². The molecular formula is C21H19Cl2NO4. The van der Waals surface area contributed by atoms with Crippen molar-refractivity contribution in [3.05, 3.63) is 58.1 Å². The standard InChI is InChI=1S/C21H19Cl2NO4/c22-16-10-9-15(11-17(16)23)14-7-5-13(6-8-14)3-1-2-4-19(26)24-20(27)12-18(25)21(24)28/h5-11,18,25H,1-4,12H2. The largest absolute Gasteiger partial charge is 0.383 e. The van der Waals surface area contributed by atoms with Crippen LogP contribution in [0.25, 0.3) is 11.1 Å². The molecule has 28 heavy (non-hydrogen) atoms. The zero-order valence-electron chi connectivity index (χ0n) is 15.0. The summed E-state index contributed by atoms with van der Waals surface area (Å²) < 4.78 is 0. The molecule has 0 radical (unpaired) electrons. The van der Waals surface area contributed by atoms with Crippen LogP contribution in [0.5, 0.6) is 0 Å². The van der Waals surface area contributed by atoms with E-state index in [1.165, 1.54) is 0 Å². The van der Waals surface area contributed by atoms with Gasteiger partial charge in [-0.25, -0.2) is 4.90 Å². The maximum atomic E-state index is 12.0. The van der Waals surface area contributed by atoms with Gasteiger partial charge in [-0.1, -0.05) is 53.5 Å². The van der Waals surface area contributed by atoms with Crippen molar-refractivity contribution in [2.24, 2.45) is 0 Å². The molecule has 0 spiro atoms. The first-order chi connectivity index (χ1) is 13.4.